The standard InChI is InChI=1S/C23H17F2N7O2/c1-11-21(12(2)32(31-11)10-13-4-3-5-28-20(13)9-26)30-23(34)15-7-19(22(27)33)29-18-8-17(25)16(24)6-14(15)18/h3-8H,10H2,1-2H3,(H2,27,33)(H,30,34). The van der Waals surface area contributed by atoms with Gasteiger partial charge in [-0.3, -0.25) is 14.3 Å². The van der Waals surface area contributed by atoms with E-state index >= 15 is 0 Å². The number of nitrogens with two attached hydrogens (primary N) is 1. The third-order valence-electron chi connectivity index (χ3n) is 5.29. The van der Waals surface area contributed by atoms with Crippen LogP contribution in [0.3, 0.4) is 0 Å². The first kappa shape index (κ1) is 22.5. The summed E-state index contributed by atoms with van der Waals surface area (Å²) in [7, 11) is 0. The van der Waals surface area contributed by atoms with Crippen LogP contribution in [0.25, 0.3) is 10.9 Å². The number of benzene rings is 1. The molecule has 0 atom stereocenters. The van der Waals surface area contributed by atoms with Gasteiger partial charge < -0.3 is 11.1 Å². The zero-order valence-corrected chi connectivity index (χ0v) is 18.1. The fourth-order valence-corrected chi connectivity index (χ4v) is 3.58. The molecule has 0 radical (unpaired) electrons. The third kappa shape index (κ3) is 4.04. The van der Waals surface area contributed by atoms with E-state index in [4.69, 9.17) is 5.73 Å². The molecular weight excluding hydrogens is 444 g/mol. The van der Waals surface area contributed by atoms with Crippen LogP contribution in [-0.2, 0) is 6.54 Å². The maximum absolute atomic E-state index is 13.9. The van der Waals surface area contributed by atoms with Gasteiger partial charge in [0.25, 0.3) is 11.8 Å². The average molecular weight is 461 g/mol. The Morgan fingerprint density at radius 2 is 1.94 bits per heavy atom. The molecule has 34 heavy (non-hydrogen) atoms. The lowest BCUT2D eigenvalue weighted by molar-refractivity contribution is 0.0996. The van der Waals surface area contributed by atoms with E-state index in [-0.39, 0.29) is 34.4 Å². The van der Waals surface area contributed by atoms with Crippen LogP contribution in [0.5, 0.6) is 0 Å². The average Bonchev–Trinajstić information content (AvgIpc) is 3.06. The van der Waals surface area contributed by atoms with Crippen molar-refractivity contribution in [3.05, 3.63) is 82.1 Å². The normalized spacial score (nSPS) is 10.8. The number of carbonyl (C=O) groups excluding carboxylic acids is 2. The van der Waals surface area contributed by atoms with Crippen molar-refractivity contribution < 1.29 is 18.4 Å². The lowest BCUT2D eigenvalue weighted by Gasteiger charge is -2.11. The van der Waals surface area contributed by atoms with Crippen molar-refractivity contribution in [1.82, 2.24) is 19.7 Å². The van der Waals surface area contributed by atoms with Gasteiger partial charge in [0.1, 0.15) is 17.5 Å². The molecule has 3 aromatic heterocycles. The van der Waals surface area contributed by atoms with Gasteiger partial charge in [-0.1, -0.05) is 6.07 Å². The molecule has 0 aliphatic carbocycles. The number of carbonyl (C=O) groups is 2. The number of anilines is 1. The van der Waals surface area contributed by atoms with E-state index in [1.807, 2.05) is 6.07 Å². The second-order valence-corrected chi connectivity index (χ2v) is 7.48. The summed E-state index contributed by atoms with van der Waals surface area (Å²) in [5.41, 5.74) is 7.20. The van der Waals surface area contributed by atoms with E-state index in [2.05, 4.69) is 20.4 Å². The number of nitrogens with zero attached hydrogens (tertiary/aromatic N) is 5. The van der Waals surface area contributed by atoms with Gasteiger partial charge in [-0.05, 0) is 32.0 Å². The van der Waals surface area contributed by atoms with E-state index in [0.29, 0.717) is 22.6 Å². The van der Waals surface area contributed by atoms with Gasteiger partial charge in [0.15, 0.2) is 11.6 Å². The van der Waals surface area contributed by atoms with Crippen LogP contribution in [0, 0.1) is 36.8 Å². The highest BCUT2D eigenvalue weighted by Gasteiger charge is 2.21. The molecule has 4 rings (SSSR count). The molecule has 11 heteroatoms. The second-order valence-electron chi connectivity index (χ2n) is 7.48. The maximum atomic E-state index is 13.9. The van der Waals surface area contributed by atoms with Crippen molar-refractivity contribution in [3.63, 3.8) is 0 Å². The van der Waals surface area contributed by atoms with Crippen molar-refractivity contribution >= 4 is 28.4 Å². The number of amides is 2. The Labute approximate surface area is 191 Å². The largest absolute Gasteiger partial charge is 0.364 e. The molecule has 3 N–H and O–H groups in total. The van der Waals surface area contributed by atoms with Gasteiger partial charge in [-0.2, -0.15) is 10.4 Å². The van der Waals surface area contributed by atoms with Crippen LogP contribution in [0.4, 0.5) is 14.5 Å². The van der Waals surface area contributed by atoms with Gasteiger partial charge >= 0.3 is 0 Å². The van der Waals surface area contributed by atoms with Crippen LogP contribution in [0.15, 0.2) is 36.5 Å². The summed E-state index contributed by atoms with van der Waals surface area (Å²) in [4.78, 5) is 32.8. The van der Waals surface area contributed by atoms with Gasteiger partial charge in [0, 0.05) is 23.2 Å². The fraction of sp³-hybridized carbons (Fsp3) is 0.130. The highest BCUT2D eigenvalue weighted by molar-refractivity contribution is 6.14. The first-order valence-electron chi connectivity index (χ1n) is 9.98. The molecule has 0 spiro atoms. The Hall–Kier alpha value is -4.72. The number of hydrogen-bond acceptors (Lipinski definition) is 6. The van der Waals surface area contributed by atoms with Crippen molar-refractivity contribution in [1.29, 1.82) is 5.26 Å². The van der Waals surface area contributed by atoms with E-state index in [1.165, 1.54) is 6.20 Å². The molecule has 0 fully saturated rings. The first-order chi connectivity index (χ1) is 16.2. The molecule has 0 unspecified atom stereocenters. The number of halogens is 2. The molecule has 2 amide bonds. The van der Waals surface area contributed by atoms with Gasteiger partial charge in [-0.25, -0.2) is 18.7 Å². The fourth-order valence-electron chi connectivity index (χ4n) is 3.58. The van der Waals surface area contributed by atoms with Gasteiger partial charge in [-0.15, -0.1) is 0 Å². The number of nitrogens with one attached hydrogen (secondary N) is 1. The van der Waals surface area contributed by atoms with Crippen molar-refractivity contribution in [3.8, 4) is 6.07 Å². The first-order valence-corrected chi connectivity index (χ1v) is 9.98. The molecule has 4 aromatic rings. The summed E-state index contributed by atoms with van der Waals surface area (Å²) in [6, 6.07) is 8.25. The summed E-state index contributed by atoms with van der Waals surface area (Å²) < 4.78 is 29.3. The Morgan fingerprint density at radius 1 is 1.21 bits per heavy atom. The van der Waals surface area contributed by atoms with Crippen molar-refractivity contribution in [2.45, 2.75) is 20.4 Å². The molecule has 0 bridgehead atoms. The smallest absolute Gasteiger partial charge is 0.267 e. The van der Waals surface area contributed by atoms with Gasteiger partial charge in [0.05, 0.1) is 34.7 Å². The summed E-state index contributed by atoms with van der Waals surface area (Å²) in [5, 5.41) is 16.4. The van der Waals surface area contributed by atoms with Gasteiger partial charge in [0.2, 0.25) is 0 Å². The van der Waals surface area contributed by atoms with Crippen LogP contribution in [-0.4, -0.2) is 31.6 Å². The quantitative estimate of drug-likeness (QED) is 0.468. The Morgan fingerprint density at radius 3 is 2.65 bits per heavy atom. The molecule has 3 heterocycles. The number of primary amides is 1. The van der Waals surface area contributed by atoms with Crippen molar-refractivity contribution in [2.75, 3.05) is 5.32 Å². The molecule has 0 aliphatic rings. The van der Waals surface area contributed by atoms with Crippen LogP contribution < -0.4 is 11.1 Å². The lowest BCUT2D eigenvalue weighted by atomic mass is 10.1. The summed E-state index contributed by atoms with van der Waals surface area (Å²) in [6.45, 7) is 3.66. The number of nitriles is 1. The number of hydrogen-bond donors (Lipinski definition) is 2. The van der Waals surface area contributed by atoms with Crippen LogP contribution in [0.1, 0.15) is 43.5 Å². The Bertz CT molecular complexity index is 1520. The predicted octanol–water partition coefficient (Wildman–Crippen LogP) is 2.99. The number of fused-ring (bicyclic) bond motifs is 1. The monoisotopic (exact) mass is 461 g/mol. The molecule has 0 saturated carbocycles. The van der Waals surface area contributed by atoms with E-state index in [9.17, 15) is 23.6 Å². The highest BCUT2D eigenvalue weighted by atomic mass is 19.2. The van der Waals surface area contributed by atoms with Crippen LogP contribution in [0.2, 0.25) is 0 Å². The SMILES string of the molecule is Cc1nn(Cc2cccnc2C#N)c(C)c1NC(=O)c1cc(C(N)=O)nc2cc(F)c(F)cc12. The molecule has 170 valence electrons. The highest BCUT2D eigenvalue weighted by Crippen LogP contribution is 2.26. The van der Waals surface area contributed by atoms with E-state index < -0.39 is 23.4 Å². The van der Waals surface area contributed by atoms with E-state index in [0.717, 1.165) is 18.2 Å². The number of aryl methyl sites for hydroxylation is 1. The number of aromatic nitrogens is 4. The third-order valence-corrected chi connectivity index (χ3v) is 5.29. The molecule has 9 nitrogen and oxygen atoms in total. The minimum absolute atomic E-state index is 0.0121. The number of rotatable bonds is 5. The number of pyridine rings is 2. The lowest BCUT2D eigenvalue weighted by Crippen LogP contribution is -2.18. The molecule has 1 aromatic carbocycles. The summed E-state index contributed by atoms with van der Waals surface area (Å²) >= 11 is 0. The topological polar surface area (TPSA) is 140 Å². The summed E-state index contributed by atoms with van der Waals surface area (Å²) in [6.07, 6.45) is 1.52. The zero-order chi connectivity index (χ0) is 24.6. The minimum atomic E-state index is -1.17. The Balaban J connectivity index is 1.73. The Kier molecular flexibility index (Phi) is 5.73. The summed E-state index contributed by atoms with van der Waals surface area (Å²) in [5.74, 6) is -3.95. The second kappa shape index (κ2) is 8.67. The van der Waals surface area contributed by atoms with Crippen molar-refractivity contribution in [2.24, 2.45) is 5.73 Å². The molecular formula is C23H17F2N7O2. The minimum Gasteiger partial charge on any atom is -0.364 e. The van der Waals surface area contributed by atoms with Crippen LogP contribution >= 0.6 is 0 Å². The zero-order valence-electron chi connectivity index (χ0n) is 18.1. The van der Waals surface area contributed by atoms with E-state index in [1.54, 1.807) is 30.7 Å². The molecule has 0 saturated heterocycles. The molecule has 0 aliphatic heterocycles. The maximum Gasteiger partial charge on any atom is 0.267 e. The predicted molar refractivity (Wildman–Crippen MR) is 118 cm³/mol.